The van der Waals surface area contributed by atoms with E-state index in [0.29, 0.717) is 31.1 Å². The molecule has 0 aliphatic carbocycles. The van der Waals surface area contributed by atoms with Crippen LogP contribution < -0.4 is 5.32 Å². The van der Waals surface area contributed by atoms with E-state index in [1.807, 2.05) is 4.90 Å². The van der Waals surface area contributed by atoms with Gasteiger partial charge in [-0.2, -0.15) is 0 Å². The van der Waals surface area contributed by atoms with Crippen molar-refractivity contribution in [2.24, 2.45) is 5.92 Å². The number of amides is 3. The standard InChI is InChI=1S/C20H28FN3O2/c21-17-7-4-8-18(14-17)22-20(26)24-13-5-6-16(15-24)9-10-19(25)23-11-2-1-3-12-23/h4,7-8,14,16H,1-3,5-6,9-13,15H2,(H,22,26). The minimum Gasteiger partial charge on any atom is -0.343 e. The zero-order chi connectivity index (χ0) is 18.4. The molecule has 1 atom stereocenters. The number of carbonyl (C=O) groups excluding carboxylic acids is 2. The van der Waals surface area contributed by atoms with Crippen LogP contribution in [0.1, 0.15) is 44.9 Å². The lowest BCUT2D eigenvalue weighted by atomic mass is 9.93. The van der Waals surface area contributed by atoms with Crippen LogP contribution in [0.25, 0.3) is 0 Å². The Kier molecular flexibility index (Phi) is 6.47. The summed E-state index contributed by atoms with van der Waals surface area (Å²) in [6, 6.07) is 5.74. The summed E-state index contributed by atoms with van der Waals surface area (Å²) in [7, 11) is 0. The van der Waals surface area contributed by atoms with E-state index in [1.165, 1.54) is 18.6 Å². The fourth-order valence-electron chi connectivity index (χ4n) is 3.88. The Morgan fingerprint density at radius 1 is 1.08 bits per heavy atom. The number of nitrogens with one attached hydrogen (secondary N) is 1. The maximum atomic E-state index is 13.3. The maximum Gasteiger partial charge on any atom is 0.321 e. The second-order valence-electron chi connectivity index (χ2n) is 7.37. The third-order valence-electron chi connectivity index (χ3n) is 5.36. The Morgan fingerprint density at radius 2 is 1.85 bits per heavy atom. The molecule has 1 aromatic carbocycles. The number of hydrogen-bond acceptors (Lipinski definition) is 2. The summed E-state index contributed by atoms with van der Waals surface area (Å²) in [5, 5.41) is 2.76. The number of likely N-dealkylation sites (tertiary alicyclic amines) is 2. The number of piperidine rings is 2. The second kappa shape index (κ2) is 9.01. The van der Waals surface area contributed by atoms with Crippen LogP contribution in [0.3, 0.4) is 0 Å². The van der Waals surface area contributed by atoms with E-state index in [2.05, 4.69) is 5.32 Å². The van der Waals surface area contributed by atoms with Gasteiger partial charge in [-0.3, -0.25) is 4.79 Å². The topological polar surface area (TPSA) is 52.7 Å². The third-order valence-corrected chi connectivity index (χ3v) is 5.36. The normalized spacial score (nSPS) is 20.7. The average Bonchev–Trinajstić information content (AvgIpc) is 2.67. The number of benzene rings is 1. The number of nitrogens with zero attached hydrogens (tertiary/aromatic N) is 2. The fraction of sp³-hybridized carbons (Fsp3) is 0.600. The van der Waals surface area contributed by atoms with E-state index in [1.54, 1.807) is 17.0 Å². The van der Waals surface area contributed by atoms with Crippen molar-refractivity contribution in [2.75, 3.05) is 31.5 Å². The van der Waals surface area contributed by atoms with Crippen LogP contribution in [-0.2, 0) is 4.79 Å². The van der Waals surface area contributed by atoms with Crippen LogP contribution in [0.4, 0.5) is 14.9 Å². The summed E-state index contributed by atoms with van der Waals surface area (Å²) in [4.78, 5) is 28.5. The second-order valence-corrected chi connectivity index (χ2v) is 7.37. The molecule has 26 heavy (non-hydrogen) atoms. The predicted molar refractivity (Wildman–Crippen MR) is 99.4 cm³/mol. The highest BCUT2D eigenvalue weighted by Crippen LogP contribution is 2.23. The molecule has 0 spiro atoms. The van der Waals surface area contributed by atoms with E-state index in [0.717, 1.165) is 45.2 Å². The molecule has 1 unspecified atom stereocenters. The number of urea groups is 1. The van der Waals surface area contributed by atoms with Gasteiger partial charge in [0.05, 0.1) is 0 Å². The maximum absolute atomic E-state index is 13.3. The van der Waals surface area contributed by atoms with E-state index in [-0.39, 0.29) is 17.8 Å². The molecule has 3 amide bonds. The van der Waals surface area contributed by atoms with Crippen molar-refractivity contribution in [1.29, 1.82) is 0 Å². The molecule has 0 bridgehead atoms. The van der Waals surface area contributed by atoms with Gasteiger partial charge in [0.15, 0.2) is 0 Å². The van der Waals surface area contributed by atoms with Gasteiger partial charge in [0.1, 0.15) is 5.82 Å². The molecule has 2 aliphatic heterocycles. The molecule has 5 nitrogen and oxygen atoms in total. The van der Waals surface area contributed by atoms with Crippen LogP contribution in [-0.4, -0.2) is 47.9 Å². The number of halogens is 1. The van der Waals surface area contributed by atoms with Crippen molar-refractivity contribution >= 4 is 17.6 Å². The lowest BCUT2D eigenvalue weighted by Crippen LogP contribution is -2.42. The molecule has 2 heterocycles. The monoisotopic (exact) mass is 361 g/mol. The molecule has 2 saturated heterocycles. The van der Waals surface area contributed by atoms with Crippen LogP contribution in [0.2, 0.25) is 0 Å². The average molecular weight is 361 g/mol. The molecule has 1 aromatic rings. The molecule has 0 saturated carbocycles. The quantitative estimate of drug-likeness (QED) is 0.885. The largest absolute Gasteiger partial charge is 0.343 e. The molecule has 142 valence electrons. The number of carbonyl (C=O) groups is 2. The van der Waals surface area contributed by atoms with Crippen molar-refractivity contribution in [3.63, 3.8) is 0 Å². The van der Waals surface area contributed by atoms with Crippen LogP contribution in [0.15, 0.2) is 24.3 Å². The Balaban J connectivity index is 1.46. The first-order valence-corrected chi connectivity index (χ1v) is 9.71. The molecular weight excluding hydrogens is 333 g/mol. The van der Waals surface area contributed by atoms with Gasteiger partial charge in [-0.05, 0) is 62.6 Å². The molecule has 0 radical (unpaired) electrons. The zero-order valence-corrected chi connectivity index (χ0v) is 15.3. The Labute approximate surface area is 154 Å². The molecule has 2 aliphatic rings. The Hall–Kier alpha value is -2.11. The van der Waals surface area contributed by atoms with Crippen LogP contribution in [0.5, 0.6) is 0 Å². The highest BCUT2D eigenvalue weighted by molar-refractivity contribution is 5.89. The van der Waals surface area contributed by atoms with Crippen molar-refractivity contribution in [2.45, 2.75) is 44.9 Å². The van der Waals surface area contributed by atoms with Crippen molar-refractivity contribution in [3.8, 4) is 0 Å². The highest BCUT2D eigenvalue weighted by atomic mass is 19.1. The third kappa shape index (κ3) is 5.19. The van der Waals surface area contributed by atoms with Gasteiger partial charge in [0, 0.05) is 38.3 Å². The van der Waals surface area contributed by atoms with Crippen molar-refractivity contribution in [1.82, 2.24) is 9.80 Å². The van der Waals surface area contributed by atoms with E-state index in [4.69, 9.17) is 0 Å². The van der Waals surface area contributed by atoms with Gasteiger partial charge in [-0.25, -0.2) is 9.18 Å². The fourth-order valence-corrected chi connectivity index (χ4v) is 3.88. The number of anilines is 1. The Bertz CT molecular complexity index is 631. The summed E-state index contributed by atoms with van der Waals surface area (Å²) >= 11 is 0. The molecule has 6 heteroatoms. The summed E-state index contributed by atoms with van der Waals surface area (Å²) in [5.74, 6) is 0.248. The SMILES string of the molecule is O=C(CCC1CCCN(C(=O)Nc2cccc(F)c2)C1)N1CCCCC1. The first-order valence-electron chi connectivity index (χ1n) is 9.71. The van der Waals surface area contributed by atoms with Gasteiger partial charge in [-0.15, -0.1) is 0 Å². The van der Waals surface area contributed by atoms with Gasteiger partial charge in [0.2, 0.25) is 5.91 Å². The summed E-state index contributed by atoms with van der Waals surface area (Å²) in [6.45, 7) is 3.16. The molecule has 2 fully saturated rings. The predicted octanol–water partition coefficient (Wildman–Crippen LogP) is 3.86. The van der Waals surface area contributed by atoms with Crippen molar-refractivity contribution < 1.29 is 14.0 Å². The molecule has 3 rings (SSSR count). The Morgan fingerprint density at radius 3 is 2.62 bits per heavy atom. The summed E-state index contributed by atoms with van der Waals surface area (Å²) in [6.07, 6.45) is 6.85. The number of rotatable bonds is 4. The lowest BCUT2D eigenvalue weighted by molar-refractivity contribution is -0.132. The highest BCUT2D eigenvalue weighted by Gasteiger charge is 2.25. The minimum absolute atomic E-state index is 0.192. The van der Waals surface area contributed by atoms with Crippen LogP contribution >= 0.6 is 0 Å². The molecular formula is C20H28FN3O2. The van der Waals surface area contributed by atoms with E-state index >= 15 is 0 Å². The van der Waals surface area contributed by atoms with Gasteiger partial charge < -0.3 is 15.1 Å². The first kappa shape index (κ1) is 18.7. The van der Waals surface area contributed by atoms with E-state index in [9.17, 15) is 14.0 Å². The molecule has 0 aromatic heterocycles. The van der Waals surface area contributed by atoms with E-state index < -0.39 is 0 Å². The van der Waals surface area contributed by atoms with Gasteiger partial charge in [0.25, 0.3) is 0 Å². The van der Waals surface area contributed by atoms with Crippen LogP contribution in [0, 0.1) is 11.7 Å². The smallest absolute Gasteiger partial charge is 0.321 e. The first-order chi connectivity index (χ1) is 12.6. The summed E-state index contributed by atoms with van der Waals surface area (Å²) in [5.41, 5.74) is 0.470. The van der Waals surface area contributed by atoms with Gasteiger partial charge >= 0.3 is 6.03 Å². The number of hydrogen-bond donors (Lipinski definition) is 1. The molecule has 1 N–H and O–H groups in total. The minimum atomic E-state index is -0.365. The van der Waals surface area contributed by atoms with Gasteiger partial charge in [-0.1, -0.05) is 6.07 Å². The summed E-state index contributed by atoms with van der Waals surface area (Å²) < 4.78 is 13.3. The zero-order valence-electron chi connectivity index (χ0n) is 15.3. The van der Waals surface area contributed by atoms with Crippen molar-refractivity contribution in [3.05, 3.63) is 30.1 Å². The lowest BCUT2D eigenvalue weighted by Gasteiger charge is -2.33.